The molecule has 0 bridgehead atoms. The molecule has 2 aromatic heterocycles. The summed E-state index contributed by atoms with van der Waals surface area (Å²) >= 11 is 5.87. The second-order valence-corrected chi connectivity index (χ2v) is 4.68. The first-order valence-corrected chi connectivity index (χ1v) is 6.41. The largest absolute Gasteiger partial charge is 0.321 e. The highest BCUT2D eigenvalue weighted by atomic mass is 35.5. The zero-order valence-corrected chi connectivity index (χ0v) is 11.4. The zero-order chi connectivity index (χ0) is 14.1. The monoisotopic (exact) mass is 286 g/mol. The lowest BCUT2D eigenvalue weighted by Gasteiger charge is -2.05. The SMILES string of the molecule is Cc1nc2ccc(Cl)nn2c1C(=O)Nc1ccccc1. The number of benzene rings is 1. The van der Waals surface area contributed by atoms with E-state index in [4.69, 9.17) is 11.6 Å². The van der Waals surface area contributed by atoms with Gasteiger partial charge in [0.1, 0.15) is 5.15 Å². The molecule has 2 heterocycles. The highest BCUT2D eigenvalue weighted by molar-refractivity contribution is 6.29. The Morgan fingerprint density at radius 2 is 1.95 bits per heavy atom. The summed E-state index contributed by atoms with van der Waals surface area (Å²) in [5.41, 5.74) is 2.29. The molecule has 3 rings (SSSR count). The van der Waals surface area contributed by atoms with Crippen molar-refractivity contribution in [1.29, 1.82) is 0 Å². The van der Waals surface area contributed by atoms with Crippen LogP contribution in [0.25, 0.3) is 5.65 Å². The molecular weight excluding hydrogens is 276 g/mol. The molecule has 0 saturated carbocycles. The van der Waals surface area contributed by atoms with Crippen LogP contribution in [0.3, 0.4) is 0 Å². The molecule has 1 amide bonds. The first kappa shape index (κ1) is 12.6. The Morgan fingerprint density at radius 1 is 1.20 bits per heavy atom. The lowest BCUT2D eigenvalue weighted by atomic mass is 10.3. The minimum atomic E-state index is -0.268. The molecule has 0 spiro atoms. The number of nitrogens with zero attached hydrogens (tertiary/aromatic N) is 3. The maximum absolute atomic E-state index is 12.4. The number of hydrogen-bond acceptors (Lipinski definition) is 3. The average Bonchev–Trinajstić information content (AvgIpc) is 2.75. The number of imidazole rings is 1. The van der Waals surface area contributed by atoms with Crippen LogP contribution in [-0.2, 0) is 0 Å². The summed E-state index contributed by atoms with van der Waals surface area (Å²) in [6, 6.07) is 12.6. The molecule has 0 unspecified atom stereocenters. The van der Waals surface area contributed by atoms with Gasteiger partial charge in [-0.05, 0) is 31.2 Å². The van der Waals surface area contributed by atoms with E-state index in [2.05, 4.69) is 15.4 Å². The smallest absolute Gasteiger partial charge is 0.276 e. The van der Waals surface area contributed by atoms with Gasteiger partial charge in [0.05, 0.1) is 5.69 Å². The van der Waals surface area contributed by atoms with E-state index in [1.807, 2.05) is 30.3 Å². The summed E-state index contributed by atoms with van der Waals surface area (Å²) in [5.74, 6) is -0.268. The average molecular weight is 287 g/mol. The van der Waals surface area contributed by atoms with E-state index >= 15 is 0 Å². The Labute approximate surface area is 120 Å². The number of aromatic nitrogens is 3. The fraction of sp³-hybridized carbons (Fsp3) is 0.0714. The van der Waals surface area contributed by atoms with E-state index in [1.54, 1.807) is 19.1 Å². The standard InChI is InChI=1S/C14H11ClN4O/c1-9-13(14(20)17-10-5-3-2-4-6-10)19-12(16-9)8-7-11(15)18-19/h2-8H,1H3,(H,17,20). The summed E-state index contributed by atoms with van der Waals surface area (Å²) in [4.78, 5) is 16.7. The molecule has 5 nitrogen and oxygen atoms in total. The van der Waals surface area contributed by atoms with Crippen molar-refractivity contribution in [2.45, 2.75) is 6.92 Å². The van der Waals surface area contributed by atoms with Crippen molar-refractivity contribution in [2.24, 2.45) is 0 Å². The molecule has 0 saturated heterocycles. The topological polar surface area (TPSA) is 59.3 Å². The van der Waals surface area contributed by atoms with Crippen LogP contribution in [0, 0.1) is 6.92 Å². The van der Waals surface area contributed by atoms with E-state index in [0.717, 1.165) is 0 Å². The molecule has 0 aliphatic heterocycles. The van der Waals surface area contributed by atoms with Crippen molar-refractivity contribution >= 4 is 28.8 Å². The lowest BCUT2D eigenvalue weighted by molar-refractivity contribution is 0.101. The first-order chi connectivity index (χ1) is 9.65. The second kappa shape index (κ2) is 4.94. The second-order valence-electron chi connectivity index (χ2n) is 4.29. The Balaban J connectivity index is 2.03. The number of aryl methyl sites for hydroxylation is 1. The van der Waals surface area contributed by atoms with E-state index < -0.39 is 0 Å². The van der Waals surface area contributed by atoms with Crippen LogP contribution < -0.4 is 5.32 Å². The number of fused-ring (bicyclic) bond motifs is 1. The first-order valence-electron chi connectivity index (χ1n) is 6.03. The summed E-state index contributed by atoms with van der Waals surface area (Å²) in [7, 11) is 0. The van der Waals surface area contributed by atoms with Gasteiger partial charge in [-0.25, -0.2) is 9.50 Å². The van der Waals surface area contributed by atoms with Crippen molar-refractivity contribution in [3.63, 3.8) is 0 Å². The molecule has 0 atom stereocenters. The molecule has 100 valence electrons. The Hall–Kier alpha value is -2.40. The van der Waals surface area contributed by atoms with Crippen molar-refractivity contribution in [3.8, 4) is 0 Å². The van der Waals surface area contributed by atoms with E-state index in [9.17, 15) is 4.79 Å². The molecule has 0 aliphatic carbocycles. The molecular formula is C14H11ClN4O. The summed E-state index contributed by atoms with van der Waals surface area (Å²) < 4.78 is 1.45. The number of carbonyl (C=O) groups is 1. The van der Waals surface area contributed by atoms with Gasteiger partial charge in [0, 0.05) is 5.69 Å². The van der Waals surface area contributed by atoms with Gasteiger partial charge in [0.2, 0.25) is 0 Å². The number of nitrogens with one attached hydrogen (secondary N) is 1. The van der Waals surface area contributed by atoms with Crippen LogP contribution >= 0.6 is 11.6 Å². The van der Waals surface area contributed by atoms with Gasteiger partial charge < -0.3 is 5.32 Å². The Kier molecular flexibility index (Phi) is 3.12. The summed E-state index contributed by atoms with van der Waals surface area (Å²) in [6.07, 6.45) is 0. The maximum atomic E-state index is 12.4. The molecule has 1 N–H and O–H groups in total. The van der Waals surface area contributed by atoms with Crippen LogP contribution in [0.1, 0.15) is 16.2 Å². The number of amides is 1. The quantitative estimate of drug-likeness (QED) is 0.788. The fourth-order valence-electron chi connectivity index (χ4n) is 1.99. The van der Waals surface area contributed by atoms with Gasteiger partial charge in [0.25, 0.3) is 5.91 Å². The molecule has 6 heteroatoms. The van der Waals surface area contributed by atoms with Gasteiger partial charge >= 0.3 is 0 Å². The third-order valence-corrected chi connectivity index (χ3v) is 3.07. The van der Waals surface area contributed by atoms with Gasteiger partial charge in [-0.3, -0.25) is 4.79 Å². The Morgan fingerprint density at radius 3 is 2.70 bits per heavy atom. The predicted molar refractivity (Wildman–Crippen MR) is 77.1 cm³/mol. The normalized spacial score (nSPS) is 10.7. The molecule has 0 fully saturated rings. The fourth-order valence-corrected chi connectivity index (χ4v) is 2.13. The third-order valence-electron chi connectivity index (χ3n) is 2.87. The number of rotatable bonds is 2. The van der Waals surface area contributed by atoms with Crippen molar-refractivity contribution in [2.75, 3.05) is 5.32 Å². The number of halogens is 1. The van der Waals surface area contributed by atoms with Crippen molar-refractivity contribution < 1.29 is 4.79 Å². The van der Waals surface area contributed by atoms with Crippen LogP contribution in [0.5, 0.6) is 0 Å². The van der Waals surface area contributed by atoms with Gasteiger partial charge in [-0.2, -0.15) is 5.10 Å². The molecule has 3 aromatic rings. The van der Waals surface area contributed by atoms with E-state index in [-0.39, 0.29) is 5.91 Å². The van der Waals surface area contributed by atoms with Crippen LogP contribution in [0.4, 0.5) is 5.69 Å². The molecule has 20 heavy (non-hydrogen) atoms. The van der Waals surface area contributed by atoms with Gasteiger partial charge in [-0.1, -0.05) is 29.8 Å². The highest BCUT2D eigenvalue weighted by Gasteiger charge is 2.17. The minimum Gasteiger partial charge on any atom is -0.321 e. The van der Waals surface area contributed by atoms with Crippen molar-refractivity contribution in [1.82, 2.24) is 14.6 Å². The molecule has 1 aromatic carbocycles. The zero-order valence-electron chi connectivity index (χ0n) is 10.7. The number of para-hydroxylation sites is 1. The summed E-state index contributed by atoms with van der Waals surface area (Å²) in [6.45, 7) is 1.77. The lowest BCUT2D eigenvalue weighted by Crippen LogP contribution is -2.16. The molecule has 0 radical (unpaired) electrons. The predicted octanol–water partition coefficient (Wildman–Crippen LogP) is 2.94. The number of anilines is 1. The molecule has 0 aliphatic rings. The highest BCUT2D eigenvalue weighted by Crippen LogP contribution is 2.15. The van der Waals surface area contributed by atoms with Crippen molar-refractivity contribution in [3.05, 3.63) is 59.0 Å². The van der Waals surface area contributed by atoms with Crippen LogP contribution in [0.2, 0.25) is 5.15 Å². The van der Waals surface area contributed by atoms with Gasteiger partial charge in [0.15, 0.2) is 11.3 Å². The van der Waals surface area contributed by atoms with Gasteiger partial charge in [-0.15, -0.1) is 0 Å². The number of carbonyl (C=O) groups excluding carboxylic acids is 1. The van der Waals surface area contributed by atoms with E-state index in [1.165, 1.54) is 4.52 Å². The third kappa shape index (κ3) is 2.23. The van der Waals surface area contributed by atoms with Crippen LogP contribution in [0.15, 0.2) is 42.5 Å². The minimum absolute atomic E-state index is 0.268. The van der Waals surface area contributed by atoms with Crippen LogP contribution in [-0.4, -0.2) is 20.5 Å². The summed E-state index contributed by atoms with van der Waals surface area (Å²) in [5, 5.41) is 7.24. The van der Waals surface area contributed by atoms with E-state index in [0.29, 0.717) is 27.9 Å². The maximum Gasteiger partial charge on any atom is 0.276 e. The number of hydrogen-bond donors (Lipinski definition) is 1. The Bertz CT molecular complexity index is 782.